The molecule has 2 bridgehead atoms. The number of aliphatic hydroxyl groups is 1. The number of hydrogen-bond donors (Lipinski definition) is 4. The highest BCUT2D eigenvalue weighted by Gasteiger charge is 2.71. The van der Waals surface area contributed by atoms with E-state index in [1.807, 2.05) is 6.07 Å². The molecule has 1 aromatic carbocycles. The predicted octanol–water partition coefficient (Wildman–Crippen LogP) is 0.494. The number of carbonyl (C=O) groups excluding carboxylic acids is 1. The maximum Gasteiger partial charge on any atom is 0.300 e. The zero-order valence-electron chi connectivity index (χ0n) is 13.9. The van der Waals surface area contributed by atoms with Crippen LogP contribution in [0.4, 0.5) is 0 Å². The summed E-state index contributed by atoms with van der Waals surface area (Å²) in [5, 5.41) is 32.4. The number of piperidine rings is 1. The Kier molecular flexibility index (Phi) is 3.39. The van der Waals surface area contributed by atoms with E-state index in [4.69, 9.17) is 14.6 Å². The Morgan fingerprint density at radius 3 is 2.80 bits per heavy atom. The van der Waals surface area contributed by atoms with Crippen LogP contribution < -0.4 is 10.1 Å². The molecule has 0 radical (unpaired) electrons. The van der Waals surface area contributed by atoms with Crippen molar-refractivity contribution < 1.29 is 29.6 Å². The van der Waals surface area contributed by atoms with Crippen molar-refractivity contribution in [1.29, 1.82) is 0 Å². The molecule has 7 nitrogen and oxygen atoms in total. The minimum absolute atomic E-state index is 0.0452. The van der Waals surface area contributed by atoms with E-state index in [1.54, 1.807) is 6.07 Å². The van der Waals surface area contributed by atoms with Gasteiger partial charge in [0.1, 0.15) is 0 Å². The molecule has 2 fully saturated rings. The number of carboxylic acids is 1. The van der Waals surface area contributed by atoms with Crippen LogP contribution in [0.2, 0.25) is 0 Å². The van der Waals surface area contributed by atoms with E-state index in [2.05, 4.69) is 5.32 Å². The molecule has 134 valence electrons. The molecule has 1 aromatic rings. The molecule has 1 saturated heterocycles. The van der Waals surface area contributed by atoms with E-state index in [0.717, 1.165) is 24.6 Å². The summed E-state index contributed by atoms with van der Waals surface area (Å²) >= 11 is 0. The number of aromatic hydroxyl groups is 1. The van der Waals surface area contributed by atoms with Crippen molar-refractivity contribution in [3.63, 3.8) is 0 Å². The van der Waals surface area contributed by atoms with E-state index in [1.165, 1.54) is 0 Å². The second-order valence-electron chi connectivity index (χ2n) is 7.29. The summed E-state index contributed by atoms with van der Waals surface area (Å²) in [6.45, 7) is 1.84. The van der Waals surface area contributed by atoms with Crippen molar-refractivity contribution in [2.24, 2.45) is 0 Å². The molecule has 4 atom stereocenters. The van der Waals surface area contributed by atoms with E-state index >= 15 is 0 Å². The Labute approximate surface area is 144 Å². The Bertz CT molecular complexity index is 773. The number of Topliss-reactive ketones (excluding diaryl/α,β-unsaturated/α-hetero) is 1. The molecule has 1 spiro atoms. The van der Waals surface area contributed by atoms with Crippen LogP contribution in [0.1, 0.15) is 37.3 Å². The molecule has 4 aliphatic rings. The number of carboxylic acid groups (broad SMARTS) is 1. The highest BCUT2D eigenvalue weighted by Crippen LogP contribution is 2.63. The van der Waals surface area contributed by atoms with Gasteiger partial charge in [0, 0.05) is 24.9 Å². The first-order valence-corrected chi connectivity index (χ1v) is 8.51. The molecule has 1 saturated carbocycles. The van der Waals surface area contributed by atoms with Gasteiger partial charge in [0.15, 0.2) is 23.4 Å². The molecule has 4 N–H and O–H groups in total. The molecule has 0 amide bonds. The summed E-state index contributed by atoms with van der Waals surface area (Å²) in [5.41, 5.74) is 0.332. The van der Waals surface area contributed by atoms with Gasteiger partial charge in [-0.25, -0.2) is 0 Å². The lowest BCUT2D eigenvalue weighted by atomic mass is 9.49. The maximum atomic E-state index is 12.4. The molecule has 2 heterocycles. The van der Waals surface area contributed by atoms with Gasteiger partial charge >= 0.3 is 0 Å². The first-order chi connectivity index (χ1) is 11.8. The summed E-state index contributed by atoms with van der Waals surface area (Å²) in [6, 6.07) is 3.49. The summed E-state index contributed by atoms with van der Waals surface area (Å²) in [7, 11) is 0. The van der Waals surface area contributed by atoms with E-state index in [9.17, 15) is 15.0 Å². The van der Waals surface area contributed by atoms with Gasteiger partial charge in [-0.3, -0.25) is 9.59 Å². The molecule has 0 unspecified atom stereocenters. The van der Waals surface area contributed by atoms with E-state index in [-0.39, 0.29) is 17.6 Å². The lowest BCUT2D eigenvalue weighted by Crippen LogP contribution is -2.76. The third-order valence-corrected chi connectivity index (χ3v) is 6.08. The number of hydrogen-bond acceptors (Lipinski definition) is 6. The lowest BCUT2D eigenvalue weighted by Gasteiger charge is -2.59. The Morgan fingerprint density at radius 1 is 1.36 bits per heavy atom. The third kappa shape index (κ3) is 1.93. The summed E-state index contributed by atoms with van der Waals surface area (Å²) < 4.78 is 5.90. The maximum absolute atomic E-state index is 12.4. The smallest absolute Gasteiger partial charge is 0.300 e. The molecule has 2 aliphatic heterocycles. The molecular weight excluding hydrogens is 326 g/mol. The van der Waals surface area contributed by atoms with Crippen molar-refractivity contribution in [1.82, 2.24) is 5.32 Å². The minimum Gasteiger partial charge on any atom is -0.504 e. The standard InChI is InChI=1S/C16H17NO4.C2H4O2/c18-9-2-1-8-7-11-16(20)4-3-10(19)14-15(16,5-6-17-11)12(8)13(9)21-14;1-2(3)4/h1-2,11,14,17-18,20H,3-7H2;1H3,(H,3,4)/t11-,14+,15+,16-;/m1./s1. The predicted molar refractivity (Wildman–Crippen MR) is 86.8 cm³/mol. The van der Waals surface area contributed by atoms with Gasteiger partial charge in [0.25, 0.3) is 5.97 Å². The molecule has 7 heteroatoms. The van der Waals surface area contributed by atoms with Crippen LogP contribution in [-0.4, -0.2) is 51.4 Å². The van der Waals surface area contributed by atoms with Crippen LogP contribution in [0.15, 0.2) is 12.1 Å². The average Bonchev–Trinajstić information content (AvgIpc) is 2.87. The van der Waals surface area contributed by atoms with Crippen LogP contribution in [-0.2, 0) is 21.4 Å². The summed E-state index contributed by atoms with van der Waals surface area (Å²) in [6.07, 6.45) is 1.54. The number of carbonyl (C=O) groups is 2. The first-order valence-electron chi connectivity index (χ1n) is 8.51. The monoisotopic (exact) mass is 347 g/mol. The second-order valence-corrected chi connectivity index (χ2v) is 7.29. The third-order valence-electron chi connectivity index (χ3n) is 6.08. The van der Waals surface area contributed by atoms with Crippen molar-refractivity contribution in [3.8, 4) is 11.5 Å². The summed E-state index contributed by atoms with van der Waals surface area (Å²) in [5.74, 6) is -0.292. The fourth-order valence-corrected chi connectivity index (χ4v) is 5.22. The number of phenolic OH excluding ortho intramolecular Hbond substituents is 1. The zero-order valence-corrected chi connectivity index (χ0v) is 13.9. The van der Waals surface area contributed by atoms with Gasteiger partial charge in [-0.05, 0) is 37.4 Å². The van der Waals surface area contributed by atoms with Gasteiger partial charge in [-0.2, -0.15) is 0 Å². The van der Waals surface area contributed by atoms with Crippen LogP contribution >= 0.6 is 0 Å². The van der Waals surface area contributed by atoms with Crippen LogP contribution in [0, 0.1) is 0 Å². The molecule has 5 rings (SSSR count). The normalized spacial score (nSPS) is 36.6. The van der Waals surface area contributed by atoms with Crippen LogP contribution in [0.25, 0.3) is 0 Å². The highest BCUT2D eigenvalue weighted by molar-refractivity contribution is 5.90. The van der Waals surface area contributed by atoms with Gasteiger partial charge in [-0.1, -0.05) is 6.07 Å². The quantitative estimate of drug-likeness (QED) is 0.540. The van der Waals surface area contributed by atoms with Crippen molar-refractivity contribution in [2.75, 3.05) is 6.54 Å². The molecule has 2 aliphatic carbocycles. The Morgan fingerprint density at radius 2 is 2.08 bits per heavy atom. The number of ketones is 1. The average molecular weight is 347 g/mol. The van der Waals surface area contributed by atoms with Crippen molar-refractivity contribution in [3.05, 3.63) is 23.3 Å². The van der Waals surface area contributed by atoms with Crippen LogP contribution in [0.5, 0.6) is 11.5 Å². The fourth-order valence-electron chi connectivity index (χ4n) is 5.22. The number of aliphatic carboxylic acids is 1. The van der Waals surface area contributed by atoms with Gasteiger partial charge < -0.3 is 25.4 Å². The topological polar surface area (TPSA) is 116 Å². The van der Waals surface area contributed by atoms with E-state index in [0.29, 0.717) is 31.4 Å². The zero-order chi connectivity index (χ0) is 18.0. The number of nitrogens with one attached hydrogen (secondary N) is 1. The molecule has 0 aromatic heterocycles. The SMILES string of the molecule is CC(=O)O.O=C1CC[C@@]2(O)[C@H]3Cc4ccc(O)c5c4[C@@]2(CCN3)[C@H]1O5. The largest absolute Gasteiger partial charge is 0.504 e. The second kappa shape index (κ2) is 5.19. The van der Waals surface area contributed by atoms with Gasteiger partial charge in [0.05, 0.1) is 11.0 Å². The lowest BCUT2D eigenvalue weighted by molar-refractivity contribution is -0.166. The fraction of sp³-hybridized carbons (Fsp3) is 0.556. The number of benzene rings is 1. The highest BCUT2D eigenvalue weighted by atomic mass is 16.5. The number of ether oxygens (including phenoxy) is 1. The van der Waals surface area contributed by atoms with Crippen molar-refractivity contribution in [2.45, 2.75) is 55.8 Å². The molecule has 25 heavy (non-hydrogen) atoms. The first kappa shape index (κ1) is 16.4. The number of phenols is 1. The van der Waals surface area contributed by atoms with Gasteiger partial charge in [-0.15, -0.1) is 0 Å². The molecular formula is C18H21NO6. The number of rotatable bonds is 0. The Hall–Kier alpha value is -2.12. The van der Waals surface area contributed by atoms with Crippen LogP contribution in [0.3, 0.4) is 0 Å². The van der Waals surface area contributed by atoms with Crippen molar-refractivity contribution >= 4 is 11.8 Å². The summed E-state index contributed by atoms with van der Waals surface area (Å²) in [4.78, 5) is 21.4. The van der Waals surface area contributed by atoms with Gasteiger partial charge in [0.2, 0.25) is 0 Å². The Balaban J connectivity index is 0.000000358. The van der Waals surface area contributed by atoms with E-state index < -0.39 is 23.1 Å². The minimum atomic E-state index is -0.962.